The summed E-state index contributed by atoms with van der Waals surface area (Å²) in [5.41, 5.74) is 2.83. The van der Waals surface area contributed by atoms with Crippen molar-refractivity contribution in [1.82, 2.24) is 10.0 Å². The number of carbonyl (C=O) groups is 1. The lowest BCUT2D eigenvalue weighted by Crippen LogP contribution is -2.44. The first-order valence-corrected chi connectivity index (χ1v) is 12.4. The number of carbonyl (C=O) groups excluding carboxylic acids is 1. The highest BCUT2D eigenvalue weighted by Gasteiger charge is 2.46. The van der Waals surface area contributed by atoms with Gasteiger partial charge >= 0.3 is 6.03 Å². The number of sulfonamides is 1. The SMILES string of the molecule is CC12CCCC1C=C1CCCC1=C2NC(=O)NS(=O)(=O)c1cc2c(o1)CCCC2(O)F. The van der Waals surface area contributed by atoms with Crippen molar-refractivity contribution < 1.29 is 27.1 Å². The zero-order valence-electron chi connectivity index (χ0n) is 17.5. The van der Waals surface area contributed by atoms with Crippen molar-refractivity contribution in [3.8, 4) is 0 Å². The molecular weight excluding hydrogens is 423 g/mol. The Balaban J connectivity index is 1.39. The third-order valence-corrected chi connectivity index (χ3v) is 8.59. The van der Waals surface area contributed by atoms with Crippen molar-refractivity contribution >= 4 is 16.1 Å². The Hall–Kier alpha value is -2.13. The number of hydrogen-bond acceptors (Lipinski definition) is 5. The molecule has 1 heterocycles. The predicted molar refractivity (Wildman–Crippen MR) is 110 cm³/mol. The Morgan fingerprint density at radius 2 is 2.03 bits per heavy atom. The number of rotatable bonds is 3. The van der Waals surface area contributed by atoms with Crippen molar-refractivity contribution in [1.29, 1.82) is 0 Å². The van der Waals surface area contributed by atoms with Gasteiger partial charge in [0, 0.05) is 30.0 Å². The van der Waals surface area contributed by atoms with E-state index in [1.165, 1.54) is 5.57 Å². The van der Waals surface area contributed by atoms with Gasteiger partial charge in [-0.2, -0.15) is 8.42 Å². The van der Waals surface area contributed by atoms with Crippen LogP contribution in [0.2, 0.25) is 0 Å². The summed E-state index contributed by atoms with van der Waals surface area (Å²) in [5, 5.41) is 12.2. The van der Waals surface area contributed by atoms with Crippen molar-refractivity contribution in [2.45, 2.75) is 75.7 Å². The van der Waals surface area contributed by atoms with Gasteiger partial charge in [0.15, 0.2) is 0 Å². The molecule has 3 N–H and O–H groups in total. The lowest BCUT2D eigenvalue weighted by Gasteiger charge is -2.38. The molecule has 0 spiro atoms. The van der Waals surface area contributed by atoms with E-state index in [0.29, 0.717) is 18.8 Å². The molecule has 3 unspecified atom stereocenters. The molecule has 9 heteroatoms. The zero-order chi connectivity index (χ0) is 22.0. The van der Waals surface area contributed by atoms with E-state index in [1.54, 1.807) is 0 Å². The van der Waals surface area contributed by atoms with E-state index in [-0.39, 0.29) is 23.2 Å². The standard InChI is InChI=1S/C22H27FN2O5S/c1-21-9-3-6-14(21)11-13-5-2-7-15(13)19(21)24-20(26)25-31(28,29)18-12-16-17(30-18)8-4-10-22(16,23)27/h11-12,14,27H,2-10H2,1H3,(H2,24,25,26). The van der Waals surface area contributed by atoms with E-state index < -0.39 is 27.0 Å². The number of furan rings is 1. The van der Waals surface area contributed by atoms with E-state index in [0.717, 1.165) is 55.9 Å². The van der Waals surface area contributed by atoms with Gasteiger partial charge in [-0.05, 0) is 55.6 Å². The molecule has 3 atom stereocenters. The first-order valence-electron chi connectivity index (χ1n) is 10.9. The molecule has 4 aliphatic rings. The molecule has 2 saturated carbocycles. The van der Waals surface area contributed by atoms with E-state index >= 15 is 0 Å². The molecular formula is C22H27FN2O5S. The van der Waals surface area contributed by atoms with Gasteiger partial charge in [0.1, 0.15) is 5.76 Å². The summed E-state index contributed by atoms with van der Waals surface area (Å²) in [5.74, 6) is -2.19. The molecule has 5 rings (SSSR count). The van der Waals surface area contributed by atoms with Crippen molar-refractivity contribution in [3.63, 3.8) is 0 Å². The van der Waals surface area contributed by atoms with Crippen LogP contribution in [0, 0.1) is 11.3 Å². The van der Waals surface area contributed by atoms with Crippen molar-refractivity contribution in [2.24, 2.45) is 11.3 Å². The molecule has 1 aromatic heterocycles. The maximum atomic E-state index is 14.3. The summed E-state index contributed by atoms with van der Waals surface area (Å²) in [6.07, 6.45) is 8.83. The van der Waals surface area contributed by atoms with Crippen LogP contribution in [0.4, 0.5) is 9.18 Å². The first kappa shape index (κ1) is 20.8. The average Bonchev–Trinajstić information content (AvgIpc) is 3.39. The number of nitrogens with one attached hydrogen (secondary N) is 2. The Morgan fingerprint density at radius 3 is 2.81 bits per heavy atom. The molecule has 31 heavy (non-hydrogen) atoms. The fraction of sp³-hybridized carbons (Fsp3) is 0.591. The first-order chi connectivity index (χ1) is 14.6. The normalized spacial score (nSPS) is 32.2. The second kappa shape index (κ2) is 6.93. The Morgan fingerprint density at radius 1 is 1.23 bits per heavy atom. The van der Waals surface area contributed by atoms with Gasteiger partial charge in [0.2, 0.25) is 10.9 Å². The third kappa shape index (κ3) is 3.33. The number of fused-ring (bicyclic) bond motifs is 3. The fourth-order valence-corrected chi connectivity index (χ4v) is 6.67. The van der Waals surface area contributed by atoms with Crippen LogP contribution in [0.25, 0.3) is 0 Å². The van der Waals surface area contributed by atoms with Crippen LogP contribution < -0.4 is 10.0 Å². The van der Waals surface area contributed by atoms with Gasteiger partial charge in [-0.3, -0.25) is 0 Å². The number of urea groups is 1. The Kier molecular flexibility index (Phi) is 4.64. The number of hydrogen-bond donors (Lipinski definition) is 3. The molecule has 2 fully saturated rings. The van der Waals surface area contributed by atoms with E-state index in [4.69, 9.17) is 4.42 Å². The molecule has 4 aliphatic carbocycles. The van der Waals surface area contributed by atoms with Gasteiger partial charge in [0.05, 0.1) is 5.56 Å². The highest BCUT2D eigenvalue weighted by atomic mass is 32.2. The minimum atomic E-state index is -4.36. The predicted octanol–water partition coefficient (Wildman–Crippen LogP) is 3.90. The van der Waals surface area contributed by atoms with Crippen LogP contribution in [-0.2, 0) is 22.3 Å². The second-order valence-electron chi connectivity index (χ2n) is 9.39. The third-order valence-electron chi connectivity index (χ3n) is 7.41. The van der Waals surface area contributed by atoms with Crippen LogP contribution >= 0.6 is 0 Å². The van der Waals surface area contributed by atoms with Gasteiger partial charge in [-0.15, -0.1) is 0 Å². The summed E-state index contributed by atoms with van der Waals surface area (Å²) in [6, 6.07) is 0.117. The summed E-state index contributed by atoms with van der Waals surface area (Å²) in [7, 11) is -4.36. The topological polar surface area (TPSA) is 109 Å². The van der Waals surface area contributed by atoms with Crippen molar-refractivity contribution in [2.75, 3.05) is 0 Å². The highest BCUT2D eigenvalue weighted by molar-refractivity contribution is 7.89. The molecule has 0 saturated heterocycles. The molecule has 1 aromatic rings. The summed E-state index contributed by atoms with van der Waals surface area (Å²) in [6.45, 7) is 2.13. The smallest absolute Gasteiger partial charge is 0.332 e. The average molecular weight is 451 g/mol. The lowest BCUT2D eigenvalue weighted by molar-refractivity contribution is -0.109. The quantitative estimate of drug-likeness (QED) is 0.647. The van der Waals surface area contributed by atoms with Crippen LogP contribution in [-0.4, -0.2) is 19.6 Å². The number of allylic oxidation sites excluding steroid dienone is 4. The molecule has 0 radical (unpaired) electrons. The van der Waals surface area contributed by atoms with Crippen LogP contribution in [0.5, 0.6) is 0 Å². The van der Waals surface area contributed by atoms with E-state index in [1.807, 2.05) is 4.72 Å². The number of aryl methyl sites for hydroxylation is 1. The number of amides is 2. The highest BCUT2D eigenvalue weighted by Crippen LogP contribution is 2.55. The Bertz CT molecular complexity index is 1120. The lowest BCUT2D eigenvalue weighted by atomic mass is 9.70. The molecule has 0 aromatic carbocycles. The number of aliphatic hydroxyl groups is 1. The largest absolute Gasteiger partial charge is 0.447 e. The zero-order valence-corrected chi connectivity index (χ0v) is 18.3. The monoisotopic (exact) mass is 450 g/mol. The second-order valence-corrected chi connectivity index (χ2v) is 11.0. The molecule has 7 nitrogen and oxygen atoms in total. The molecule has 2 amide bonds. The Labute approximate surface area is 180 Å². The van der Waals surface area contributed by atoms with E-state index in [9.17, 15) is 22.7 Å². The minimum absolute atomic E-state index is 0.0938. The van der Waals surface area contributed by atoms with Gasteiger partial charge < -0.3 is 14.8 Å². The number of alkyl halides is 1. The summed E-state index contributed by atoms with van der Waals surface area (Å²) in [4.78, 5) is 12.8. The van der Waals surface area contributed by atoms with Crippen LogP contribution in [0.15, 0.2) is 38.5 Å². The van der Waals surface area contributed by atoms with Gasteiger partial charge in [0.25, 0.3) is 10.0 Å². The van der Waals surface area contributed by atoms with Crippen molar-refractivity contribution in [3.05, 3.63) is 40.3 Å². The minimum Gasteiger partial charge on any atom is -0.447 e. The number of halogens is 1. The maximum absolute atomic E-state index is 14.3. The molecule has 0 aliphatic heterocycles. The maximum Gasteiger partial charge on any atom is 0.332 e. The van der Waals surface area contributed by atoms with Crippen LogP contribution in [0.3, 0.4) is 0 Å². The fourth-order valence-electron chi connectivity index (χ4n) is 5.79. The summed E-state index contributed by atoms with van der Waals surface area (Å²) >= 11 is 0. The van der Waals surface area contributed by atoms with E-state index in [2.05, 4.69) is 18.3 Å². The van der Waals surface area contributed by atoms with Crippen LogP contribution in [0.1, 0.15) is 69.6 Å². The molecule has 168 valence electrons. The van der Waals surface area contributed by atoms with Gasteiger partial charge in [-0.25, -0.2) is 13.9 Å². The molecule has 0 bridgehead atoms. The summed E-state index contributed by atoms with van der Waals surface area (Å²) < 4.78 is 47.1. The van der Waals surface area contributed by atoms with Gasteiger partial charge in [-0.1, -0.05) is 19.4 Å².